The number of rotatable bonds is 10. The molecule has 0 aromatic heterocycles. The maximum Gasteiger partial charge on any atom is 0.338 e. The van der Waals surface area contributed by atoms with Gasteiger partial charge >= 0.3 is 5.97 Å². The predicted octanol–water partition coefficient (Wildman–Crippen LogP) is 4.45. The summed E-state index contributed by atoms with van der Waals surface area (Å²) in [5.74, 6) is -1.04. The second kappa shape index (κ2) is 11.8. The van der Waals surface area contributed by atoms with E-state index in [2.05, 4.69) is 11.4 Å². The number of benzene rings is 2. The lowest BCUT2D eigenvalue weighted by Gasteiger charge is -2.23. The SMILES string of the molecule is CCN(c1ccccc1)S(=O)(=O)c1ccc(C(=O)OC(C)C(=O)NCCC2=CCCCC2)cc1. The van der Waals surface area contributed by atoms with E-state index in [0.29, 0.717) is 12.2 Å². The maximum atomic E-state index is 13.1. The number of sulfonamides is 1. The minimum absolute atomic E-state index is 0.0672. The molecule has 34 heavy (non-hydrogen) atoms. The molecule has 2 aromatic carbocycles. The van der Waals surface area contributed by atoms with Crippen molar-refractivity contribution in [1.82, 2.24) is 5.32 Å². The molecule has 3 rings (SSSR count). The van der Waals surface area contributed by atoms with Gasteiger partial charge in [0.2, 0.25) is 0 Å². The van der Waals surface area contributed by atoms with Crippen molar-refractivity contribution in [3.8, 4) is 0 Å². The molecular formula is C26H32N2O5S. The highest BCUT2D eigenvalue weighted by Crippen LogP contribution is 2.24. The first kappa shape index (κ1) is 25.5. The van der Waals surface area contributed by atoms with Gasteiger partial charge in [0, 0.05) is 13.1 Å². The van der Waals surface area contributed by atoms with Crippen LogP contribution in [0, 0.1) is 0 Å². The molecule has 8 heteroatoms. The molecule has 0 bridgehead atoms. The van der Waals surface area contributed by atoms with Gasteiger partial charge in [-0.05, 0) is 82.3 Å². The van der Waals surface area contributed by atoms with Crippen LogP contribution in [0.15, 0.2) is 71.1 Å². The van der Waals surface area contributed by atoms with Crippen molar-refractivity contribution >= 4 is 27.6 Å². The summed E-state index contributed by atoms with van der Waals surface area (Å²) >= 11 is 0. The number of ether oxygens (including phenoxy) is 1. The van der Waals surface area contributed by atoms with Crippen molar-refractivity contribution < 1.29 is 22.7 Å². The van der Waals surface area contributed by atoms with Crippen molar-refractivity contribution in [2.45, 2.75) is 57.0 Å². The monoisotopic (exact) mass is 484 g/mol. The summed E-state index contributed by atoms with van der Waals surface area (Å²) in [6, 6.07) is 14.4. The minimum Gasteiger partial charge on any atom is -0.449 e. The summed E-state index contributed by atoms with van der Waals surface area (Å²) in [6.07, 6.45) is 6.68. The number of amides is 1. The van der Waals surface area contributed by atoms with Gasteiger partial charge in [-0.25, -0.2) is 13.2 Å². The fourth-order valence-electron chi connectivity index (χ4n) is 3.88. The van der Waals surface area contributed by atoms with Crippen LogP contribution in [0.5, 0.6) is 0 Å². The van der Waals surface area contributed by atoms with Crippen LogP contribution < -0.4 is 9.62 Å². The van der Waals surface area contributed by atoms with Crippen LogP contribution in [-0.2, 0) is 19.6 Å². The lowest BCUT2D eigenvalue weighted by Crippen LogP contribution is -2.36. The molecule has 1 atom stereocenters. The van der Waals surface area contributed by atoms with E-state index in [0.717, 1.165) is 19.3 Å². The van der Waals surface area contributed by atoms with Gasteiger partial charge in [0.1, 0.15) is 0 Å². The van der Waals surface area contributed by atoms with E-state index in [4.69, 9.17) is 4.74 Å². The number of hydrogen-bond donors (Lipinski definition) is 1. The number of hydrogen-bond acceptors (Lipinski definition) is 5. The molecule has 1 N–H and O–H groups in total. The lowest BCUT2D eigenvalue weighted by molar-refractivity contribution is -0.129. The number of carbonyl (C=O) groups is 2. The Labute approximate surface area is 201 Å². The quantitative estimate of drug-likeness (QED) is 0.397. The Morgan fingerprint density at radius 2 is 1.76 bits per heavy atom. The highest BCUT2D eigenvalue weighted by Gasteiger charge is 2.24. The second-order valence-corrected chi connectivity index (χ2v) is 10.1. The first-order valence-corrected chi connectivity index (χ1v) is 13.1. The smallest absolute Gasteiger partial charge is 0.338 e. The van der Waals surface area contributed by atoms with Gasteiger partial charge < -0.3 is 10.1 Å². The van der Waals surface area contributed by atoms with Gasteiger partial charge in [0.05, 0.1) is 16.1 Å². The summed E-state index contributed by atoms with van der Waals surface area (Å²) < 4.78 is 32.7. The highest BCUT2D eigenvalue weighted by atomic mass is 32.2. The van der Waals surface area contributed by atoms with Crippen molar-refractivity contribution in [3.63, 3.8) is 0 Å². The third-order valence-electron chi connectivity index (χ3n) is 5.79. The van der Waals surface area contributed by atoms with E-state index in [1.807, 2.05) is 6.07 Å². The Hall–Kier alpha value is -3.13. The number of allylic oxidation sites excluding steroid dienone is 1. The van der Waals surface area contributed by atoms with Crippen LogP contribution >= 0.6 is 0 Å². The number of carbonyl (C=O) groups excluding carboxylic acids is 2. The zero-order chi connectivity index (χ0) is 24.6. The summed E-state index contributed by atoms with van der Waals surface area (Å²) in [4.78, 5) is 24.8. The van der Waals surface area contributed by atoms with E-state index < -0.39 is 22.1 Å². The fourth-order valence-corrected chi connectivity index (χ4v) is 5.35. The van der Waals surface area contributed by atoms with Gasteiger partial charge in [-0.15, -0.1) is 0 Å². The average molecular weight is 485 g/mol. The van der Waals surface area contributed by atoms with Gasteiger partial charge in [0.25, 0.3) is 15.9 Å². The van der Waals surface area contributed by atoms with Gasteiger partial charge in [-0.2, -0.15) is 0 Å². The molecule has 1 aliphatic carbocycles. The Balaban J connectivity index is 1.57. The largest absolute Gasteiger partial charge is 0.449 e. The maximum absolute atomic E-state index is 13.1. The van der Waals surface area contributed by atoms with Crippen molar-refractivity contribution in [3.05, 3.63) is 71.8 Å². The summed E-state index contributed by atoms with van der Waals surface area (Å²) in [5, 5.41) is 2.81. The fraction of sp³-hybridized carbons (Fsp3) is 0.385. The van der Waals surface area contributed by atoms with E-state index in [1.165, 1.54) is 53.9 Å². The molecule has 1 amide bonds. The standard InChI is InChI=1S/C26H32N2O5S/c1-3-28(23-12-8-5-9-13-23)34(31,32)24-16-14-22(15-17-24)26(30)33-20(2)25(29)27-19-18-21-10-6-4-7-11-21/h5,8-10,12-17,20H,3-4,6-7,11,18-19H2,1-2H3,(H,27,29). The van der Waals surface area contributed by atoms with E-state index in [9.17, 15) is 18.0 Å². The van der Waals surface area contributed by atoms with Crippen molar-refractivity contribution in [2.75, 3.05) is 17.4 Å². The first-order valence-electron chi connectivity index (χ1n) is 11.7. The zero-order valence-corrected chi connectivity index (χ0v) is 20.5. The van der Waals surface area contributed by atoms with E-state index in [-0.39, 0.29) is 22.9 Å². The lowest BCUT2D eigenvalue weighted by atomic mass is 9.97. The topological polar surface area (TPSA) is 92.8 Å². The van der Waals surface area contributed by atoms with Crippen LogP contribution in [0.4, 0.5) is 5.69 Å². The molecule has 0 saturated heterocycles. The molecule has 182 valence electrons. The molecule has 0 fully saturated rings. The van der Waals surface area contributed by atoms with Crippen molar-refractivity contribution in [1.29, 1.82) is 0 Å². The third kappa shape index (κ3) is 6.47. The van der Waals surface area contributed by atoms with Crippen LogP contribution in [0.2, 0.25) is 0 Å². The van der Waals surface area contributed by atoms with E-state index >= 15 is 0 Å². The Morgan fingerprint density at radius 3 is 2.38 bits per heavy atom. The van der Waals surface area contributed by atoms with Crippen LogP contribution in [0.1, 0.15) is 56.3 Å². The molecule has 7 nitrogen and oxygen atoms in total. The molecule has 0 saturated carbocycles. The summed E-state index contributed by atoms with van der Waals surface area (Å²) in [6.45, 7) is 4.05. The number of anilines is 1. The second-order valence-electron chi connectivity index (χ2n) is 8.23. The number of para-hydroxylation sites is 1. The molecule has 2 aromatic rings. The van der Waals surface area contributed by atoms with Gasteiger partial charge in [-0.3, -0.25) is 9.10 Å². The van der Waals surface area contributed by atoms with Crippen LogP contribution in [-0.4, -0.2) is 39.5 Å². The third-order valence-corrected chi connectivity index (χ3v) is 7.71. The Kier molecular flexibility index (Phi) is 8.87. The van der Waals surface area contributed by atoms with Gasteiger partial charge in [0.15, 0.2) is 6.10 Å². The summed E-state index contributed by atoms with van der Waals surface area (Å²) in [5.41, 5.74) is 2.10. The molecule has 0 spiro atoms. The highest BCUT2D eigenvalue weighted by molar-refractivity contribution is 7.92. The number of esters is 1. The Morgan fingerprint density at radius 1 is 1.06 bits per heavy atom. The average Bonchev–Trinajstić information content (AvgIpc) is 2.85. The van der Waals surface area contributed by atoms with E-state index in [1.54, 1.807) is 31.2 Å². The molecule has 1 unspecified atom stereocenters. The number of nitrogens with one attached hydrogen (secondary N) is 1. The molecular weight excluding hydrogens is 452 g/mol. The van der Waals surface area contributed by atoms with Crippen LogP contribution in [0.25, 0.3) is 0 Å². The Bertz CT molecular complexity index is 1110. The molecule has 1 aliphatic rings. The molecule has 0 radical (unpaired) electrons. The predicted molar refractivity (Wildman–Crippen MR) is 132 cm³/mol. The molecule has 0 heterocycles. The van der Waals surface area contributed by atoms with Crippen LogP contribution in [0.3, 0.4) is 0 Å². The summed E-state index contributed by atoms with van der Waals surface area (Å²) in [7, 11) is -3.79. The normalized spacial score (nSPS) is 14.6. The zero-order valence-electron chi connectivity index (χ0n) is 19.7. The number of nitrogens with zero attached hydrogens (tertiary/aromatic N) is 1. The minimum atomic E-state index is -3.79. The van der Waals surface area contributed by atoms with Crippen molar-refractivity contribution in [2.24, 2.45) is 0 Å². The first-order chi connectivity index (χ1) is 16.3. The molecule has 0 aliphatic heterocycles. The van der Waals surface area contributed by atoms with Gasteiger partial charge in [-0.1, -0.05) is 29.8 Å².